The van der Waals surface area contributed by atoms with Crippen LogP contribution in [0.25, 0.3) is 0 Å². The standard InChI is InChI=1S/C22H39O/c23-19-22(20-15-11-7-3-1-4-8-12-16-20)21-17-13-9-5-2-6-10-14-18-21/h20-22H,1-18H2. The number of hydrogen-bond acceptors (Lipinski definition) is 1. The summed E-state index contributed by atoms with van der Waals surface area (Å²) in [7, 11) is 0. The molecule has 0 aromatic heterocycles. The van der Waals surface area contributed by atoms with E-state index in [4.69, 9.17) is 0 Å². The lowest BCUT2D eigenvalue weighted by Crippen LogP contribution is -2.26. The van der Waals surface area contributed by atoms with E-state index in [1.807, 2.05) is 0 Å². The van der Waals surface area contributed by atoms with Crippen molar-refractivity contribution in [2.24, 2.45) is 17.8 Å². The Kier molecular flexibility index (Phi) is 9.99. The second-order valence-corrected chi connectivity index (χ2v) is 8.27. The van der Waals surface area contributed by atoms with Crippen LogP contribution in [0.15, 0.2) is 0 Å². The van der Waals surface area contributed by atoms with Gasteiger partial charge in [-0.25, -0.2) is 0 Å². The summed E-state index contributed by atoms with van der Waals surface area (Å²) in [4.78, 5) is 11.9. The molecular formula is C22H39O. The third kappa shape index (κ3) is 7.40. The molecule has 0 aromatic rings. The van der Waals surface area contributed by atoms with Gasteiger partial charge in [0.2, 0.25) is 6.29 Å². The summed E-state index contributed by atoms with van der Waals surface area (Å²) in [5.74, 6) is 1.52. The lowest BCUT2D eigenvalue weighted by molar-refractivity contribution is 0.218. The van der Waals surface area contributed by atoms with Crippen LogP contribution in [0.2, 0.25) is 0 Å². The predicted octanol–water partition coefficient (Wildman–Crippen LogP) is 6.99. The van der Waals surface area contributed by atoms with E-state index in [1.165, 1.54) is 116 Å². The molecule has 2 saturated carbocycles. The van der Waals surface area contributed by atoms with Crippen LogP contribution in [0.5, 0.6) is 0 Å². The van der Waals surface area contributed by atoms with Gasteiger partial charge in [0.25, 0.3) is 0 Å². The first-order valence-electron chi connectivity index (χ1n) is 10.8. The molecule has 2 aliphatic rings. The van der Waals surface area contributed by atoms with E-state index < -0.39 is 0 Å². The highest BCUT2D eigenvalue weighted by atomic mass is 16.1. The van der Waals surface area contributed by atoms with Gasteiger partial charge in [-0.3, -0.25) is 4.79 Å². The minimum atomic E-state index is 0.244. The molecule has 0 saturated heterocycles. The van der Waals surface area contributed by atoms with Crippen molar-refractivity contribution < 1.29 is 4.79 Å². The second kappa shape index (κ2) is 12.1. The normalized spacial score (nSPS) is 25.1. The number of hydrogen-bond donors (Lipinski definition) is 0. The molecule has 1 nitrogen and oxygen atoms in total. The van der Waals surface area contributed by atoms with Gasteiger partial charge < -0.3 is 0 Å². The van der Waals surface area contributed by atoms with E-state index in [0.29, 0.717) is 11.8 Å². The van der Waals surface area contributed by atoms with Crippen molar-refractivity contribution >= 4 is 6.29 Å². The molecule has 23 heavy (non-hydrogen) atoms. The monoisotopic (exact) mass is 319 g/mol. The smallest absolute Gasteiger partial charge is 0.202 e. The zero-order chi connectivity index (χ0) is 16.2. The molecule has 0 unspecified atom stereocenters. The maximum Gasteiger partial charge on any atom is 0.202 e. The first kappa shape index (κ1) is 19.0. The molecule has 133 valence electrons. The fourth-order valence-electron chi connectivity index (χ4n) is 4.98. The lowest BCUT2D eigenvalue weighted by Gasteiger charge is -2.31. The van der Waals surface area contributed by atoms with Gasteiger partial charge in [-0.2, -0.15) is 0 Å². The zero-order valence-electron chi connectivity index (χ0n) is 15.4. The fourth-order valence-corrected chi connectivity index (χ4v) is 4.98. The molecule has 0 aliphatic heterocycles. The maximum atomic E-state index is 11.9. The summed E-state index contributed by atoms with van der Waals surface area (Å²) in [6, 6.07) is 0. The highest BCUT2D eigenvalue weighted by Gasteiger charge is 2.29. The lowest BCUT2D eigenvalue weighted by atomic mass is 9.73. The van der Waals surface area contributed by atoms with Crippen molar-refractivity contribution in [2.45, 2.75) is 116 Å². The number of carbonyl (C=O) groups excluding carboxylic acids is 1. The molecule has 2 aliphatic carbocycles. The Morgan fingerprint density at radius 1 is 0.478 bits per heavy atom. The Labute approximate surface area is 145 Å². The molecule has 2 fully saturated rings. The highest BCUT2D eigenvalue weighted by molar-refractivity contribution is 5.55. The zero-order valence-corrected chi connectivity index (χ0v) is 15.4. The van der Waals surface area contributed by atoms with Gasteiger partial charge in [-0.15, -0.1) is 0 Å². The van der Waals surface area contributed by atoms with Crippen molar-refractivity contribution in [1.29, 1.82) is 0 Å². The van der Waals surface area contributed by atoms with Crippen molar-refractivity contribution in [1.82, 2.24) is 0 Å². The Balaban J connectivity index is 1.93. The van der Waals surface area contributed by atoms with Crippen LogP contribution in [0.3, 0.4) is 0 Å². The van der Waals surface area contributed by atoms with Gasteiger partial charge in [-0.05, 0) is 37.5 Å². The molecule has 0 bridgehead atoms. The topological polar surface area (TPSA) is 17.1 Å². The van der Waals surface area contributed by atoms with Crippen LogP contribution in [-0.4, -0.2) is 6.29 Å². The van der Waals surface area contributed by atoms with Crippen molar-refractivity contribution in [3.05, 3.63) is 0 Å². The quantitative estimate of drug-likeness (QED) is 0.547. The van der Waals surface area contributed by atoms with Crippen LogP contribution in [-0.2, 0) is 4.79 Å². The third-order valence-corrected chi connectivity index (χ3v) is 6.45. The third-order valence-electron chi connectivity index (χ3n) is 6.45. The summed E-state index contributed by atoms with van der Waals surface area (Å²) in [6.45, 7) is 0. The molecule has 1 radical (unpaired) electrons. The van der Waals surface area contributed by atoms with Crippen LogP contribution in [0, 0.1) is 17.8 Å². The minimum absolute atomic E-state index is 0.244. The second-order valence-electron chi connectivity index (χ2n) is 8.27. The highest BCUT2D eigenvalue weighted by Crippen LogP contribution is 2.36. The van der Waals surface area contributed by atoms with Crippen LogP contribution >= 0.6 is 0 Å². The predicted molar refractivity (Wildman–Crippen MR) is 99.3 cm³/mol. The first-order chi connectivity index (χ1) is 11.4. The van der Waals surface area contributed by atoms with E-state index in [0.717, 1.165) is 0 Å². The fraction of sp³-hybridized carbons (Fsp3) is 0.955. The van der Waals surface area contributed by atoms with E-state index in [1.54, 1.807) is 0 Å². The van der Waals surface area contributed by atoms with Crippen molar-refractivity contribution in [2.75, 3.05) is 0 Å². The van der Waals surface area contributed by atoms with E-state index in [2.05, 4.69) is 6.29 Å². The Morgan fingerprint density at radius 3 is 1.00 bits per heavy atom. The largest absolute Gasteiger partial charge is 0.291 e. The average molecular weight is 320 g/mol. The Morgan fingerprint density at radius 2 is 0.739 bits per heavy atom. The molecule has 0 atom stereocenters. The summed E-state index contributed by atoms with van der Waals surface area (Å²) in [5.41, 5.74) is 0. The summed E-state index contributed by atoms with van der Waals surface area (Å²) in [5, 5.41) is 0. The molecule has 2 rings (SSSR count). The Bertz CT molecular complexity index is 252. The van der Waals surface area contributed by atoms with Crippen molar-refractivity contribution in [3.8, 4) is 0 Å². The molecule has 0 amide bonds. The minimum Gasteiger partial charge on any atom is -0.291 e. The average Bonchev–Trinajstić information content (AvgIpc) is 2.59. The van der Waals surface area contributed by atoms with Crippen LogP contribution < -0.4 is 0 Å². The SMILES string of the molecule is O=[C]C(C1CCCCCCCCC1)C1CCCCCCCCC1. The van der Waals surface area contributed by atoms with Crippen molar-refractivity contribution in [3.63, 3.8) is 0 Å². The number of rotatable bonds is 3. The summed E-state index contributed by atoms with van der Waals surface area (Å²) in [6.07, 6.45) is 27.1. The van der Waals surface area contributed by atoms with Gasteiger partial charge in [0, 0.05) is 5.92 Å². The molecule has 0 spiro atoms. The van der Waals surface area contributed by atoms with Crippen LogP contribution in [0.4, 0.5) is 0 Å². The van der Waals surface area contributed by atoms with Gasteiger partial charge in [0.1, 0.15) is 0 Å². The van der Waals surface area contributed by atoms with E-state index in [9.17, 15) is 4.79 Å². The summed E-state index contributed by atoms with van der Waals surface area (Å²) < 4.78 is 0. The van der Waals surface area contributed by atoms with Gasteiger partial charge in [0.05, 0.1) is 0 Å². The van der Waals surface area contributed by atoms with E-state index >= 15 is 0 Å². The molecule has 1 heteroatoms. The van der Waals surface area contributed by atoms with Gasteiger partial charge >= 0.3 is 0 Å². The van der Waals surface area contributed by atoms with Crippen LogP contribution in [0.1, 0.15) is 116 Å². The summed E-state index contributed by atoms with van der Waals surface area (Å²) >= 11 is 0. The first-order valence-corrected chi connectivity index (χ1v) is 10.8. The molecular weight excluding hydrogens is 280 g/mol. The van der Waals surface area contributed by atoms with E-state index in [-0.39, 0.29) is 5.92 Å². The Hall–Kier alpha value is -0.330. The van der Waals surface area contributed by atoms with Gasteiger partial charge in [-0.1, -0.05) is 89.9 Å². The molecule has 0 N–H and O–H groups in total. The molecule has 0 aromatic carbocycles. The van der Waals surface area contributed by atoms with Gasteiger partial charge in [0.15, 0.2) is 0 Å². The molecule has 0 heterocycles. The maximum absolute atomic E-state index is 11.9.